The Bertz CT molecular complexity index is 786. The summed E-state index contributed by atoms with van der Waals surface area (Å²) < 4.78 is 21.5. The molecule has 0 aromatic heterocycles. The van der Waals surface area contributed by atoms with Crippen molar-refractivity contribution >= 4 is 27.9 Å². The van der Waals surface area contributed by atoms with Crippen LogP contribution in [0.5, 0.6) is 11.5 Å². The summed E-state index contributed by atoms with van der Waals surface area (Å²) in [7, 11) is 1.59. The van der Waals surface area contributed by atoms with E-state index in [2.05, 4.69) is 15.9 Å². The number of esters is 2. The Balaban J connectivity index is 2.00. The van der Waals surface area contributed by atoms with E-state index in [1.165, 1.54) is 0 Å². The van der Waals surface area contributed by atoms with Crippen LogP contribution in [0.15, 0.2) is 46.9 Å². The average Bonchev–Trinajstić information content (AvgIpc) is 2.63. The summed E-state index contributed by atoms with van der Waals surface area (Å²) >= 11 is 3.37. The van der Waals surface area contributed by atoms with Gasteiger partial charge in [0.25, 0.3) is 0 Å². The van der Waals surface area contributed by atoms with Crippen LogP contribution in [-0.2, 0) is 9.47 Å². The second kappa shape index (κ2) is 10.1. The van der Waals surface area contributed by atoms with Gasteiger partial charge in [-0.3, -0.25) is 0 Å². The summed E-state index contributed by atoms with van der Waals surface area (Å²) in [4.78, 5) is 24.1. The van der Waals surface area contributed by atoms with Crippen LogP contribution in [0.3, 0.4) is 0 Å². The van der Waals surface area contributed by atoms with Crippen molar-refractivity contribution in [1.82, 2.24) is 0 Å². The third kappa shape index (κ3) is 6.37. The molecule has 0 aliphatic rings. The van der Waals surface area contributed by atoms with E-state index in [0.29, 0.717) is 40.3 Å². The smallest absolute Gasteiger partial charge is 0.343 e. The van der Waals surface area contributed by atoms with E-state index >= 15 is 0 Å². The number of carbonyl (C=O) groups excluding carboxylic acids is 2. The van der Waals surface area contributed by atoms with Crippen LogP contribution < -0.4 is 9.47 Å². The maximum absolute atomic E-state index is 12.3. The number of carbonyl (C=O) groups is 2. The largest absolute Gasteiger partial charge is 0.490 e. The van der Waals surface area contributed by atoms with Crippen molar-refractivity contribution in [3.05, 3.63) is 58.1 Å². The first kappa shape index (κ1) is 20.9. The van der Waals surface area contributed by atoms with Crippen LogP contribution in [0.2, 0.25) is 0 Å². The molecule has 0 atom stereocenters. The molecule has 144 valence electrons. The molecule has 0 amide bonds. The minimum Gasteiger partial charge on any atom is -0.490 e. The number of ether oxygens (including phenoxy) is 4. The molecule has 0 unspecified atom stereocenters. The number of hydrogen-bond donors (Lipinski definition) is 0. The molecule has 0 fully saturated rings. The monoisotopic (exact) mass is 436 g/mol. The molecular formula is C20H21BrO6. The molecule has 0 aliphatic carbocycles. The highest BCUT2D eigenvalue weighted by molar-refractivity contribution is 9.10. The number of rotatable bonds is 8. The minimum atomic E-state index is -0.517. The zero-order valence-corrected chi connectivity index (χ0v) is 16.9. The van der Waals surface area contributed by atoms with Gasteiger partial charge in [-0.1, -0.05) is 0 Å². The fraction of sp³-hybridized carbons (Fsp3) is 0.300. The van der Waals surface area contributed by atoms with E-state index in [4.69, 9.17) is 18.9 Å². The molecular weight excluding hydrogens is 416 g/mol. The van der Waals surface area contributed by atoms with E-state index in [9.17, 15) is 9.59 Å². The fourth-order valence-electron chi connectivity index (χ4n) is 2.09. The SMILES string of the molecule is COCCOc1ccc(C(=O)Oc2ccc(C(=O)OC(C)C)cc2)cc1Br. The van der Waals surface area contributed by atoms with Crippen LogP contribution in [0.25, 0.3) is 0 Å². The molecule has 27 heavy (non-hydrogen) atoms. The number of hydrogen-bond acceptors (Lipinski definition) is 6. The molecule has 6 nitrogen and oxygen atoms in total. The molecule has 2 rings (SSSR count). The highest BCUT2D eigenvalue weighted by Crippen LogP contribution is 2.26. The van der Waals surface area contributed by atoms with Gasteiger partial charge in [-0.2, -0.15) is 0 Å². The Morgan fingerprint density at radius 1 is 0.963 bits per heavy atom. The van der Waals surface area contributed by atoms with Crippen molar-refractivity contribution in [3.63, 3.8) is 0 Å². The van der Waals surface area contributed by atoms with Gasteiger partial charge in [0.05, 0.1) is 28.3 Å². The third-order valence-corrected chi connectivity index (χ3v) is 3.98. The van der Waals surface area contributed by atoms with Gasteiger partial charge < -0.3 is 18.9 Å². The molecule has 0 saturated heterocycles. The van der Waals surface area contributed by atoms with Crippen molar-refractivity contribution in [2.75, 3.05) is 20.3 Å². The van der Waals surface area contributed by atoms with Crippen molar-refractivity contribution in [2.45, 2.75) is 20.0 Å². The van der Waals surface area contributed by atoms with Crippen molar-refractivity contribution in [2.24, 2.45) is 0 Å². The lowest BCUT2D eigenvalue weighted by molar-refractivity contribution is 0.0378. The molecule has 0 N–H and O–H groups in total. The molecule has 0 heterocycles. The molecule has 0 aliphatic heterocycles. The normalized spacial score (nSPS) is 10.6. The van der Waals surface area contributed by atoms with Crippen LogP contribution in [0, 0.1) is 0 Å². The lowest BCUT2D eigenvalue weighted by Crippen LogP contribution is -2.12. The quantitative estimate of drug-likeness (QED) is 0.349. The Labute approximate surface area is 166 Å². The molecule has 0 radical (unpaired) electrons. The van der Waals surface area contributed by atoms with Gasteiger partial charge in [0.15, 0.2) is 0 Å². The van der Waals surface area contributed by atoms with Crippen LogP contribution in [0.4, 0.5) is 0 Å². The van der Waals surface area contributed by atoms with E-state index in [1.807, 2.05) is 0 Å². The predicted molar refractivity (Wildman–Crippen MR) is 103 cm³/mol. The number of methoxy groups -OCH3 is 1. The Morgan fingerprint density at radius 2 is 1.63 bits per heavy atom. The summed E-state index contributed by atoms with van der Waals surface area (Å²) in [5, 5.41) is 0. The first-order chi connectivity index (χ1) is 12.9. The fourth-order valence-corrected chi connectivity index (χ4v) is 2.58. The van der Waals surface area contributed by atoms with E-state index < -0.39 is 11.9 Å². The zero-order chi connectivity index (χ0) is 19.8. The molecule has 0 saturated carbocycles. The lowest BCUT2D eigenvalue weighted by atomic mass is 10.2. The van der Waals surface area contributed by atoms with E-state index in [1.54, 1.807) is 63.4 Å². The molecule has 0 bridgehead atoms. The van der Waals surface area contributed by atoms with Crippen molar-refractivity contribution in [3.8, 4) is 11.5 Å². The van der Waals surface area contributed by atoms with Gasteiger partial charge in [0.1, 0.15) is 18.1 Å². The third-order valence-electron chi connectivity index (χ3n) is 3.36. The van der Waals surface area contributed by atoms with Crippen molar-refractivity contribution < 1.29 is 28.5 Å². The number of halogens is 1. The summed E-state index contributed by atoms with van der Waals surface area (Å²) in [5.41, 5.74) is 0.757. The first-order valence-electron chi connectivity index (χ1n) is 8.35. The molecule has 2 aromatic carbocycles. The van der Waals surface area contributed by atoms with Crippen molar-refractivity contribution in [1.29, 1.82) is 0 Å². The lowest BCUT2D eigenvalue weighted by Gasteiger charge is -2.10. The molecule has 0 spiro atoms. The summed E-state index contributed by atoms with van der Waals surface area (Å²) in [6.45, 7) is 4.43. The predicted octanol–water partition coefficient (Wildman–Crippen LogP) is 4.26. The van der Waals surface area contributed by atoms with Crippen LogP contribution in [-0.4, -0.2) is 38.4 Å². The minimum absolute atomic E-state index is 0.199. The molecule has 2 aromatic rings. The Kier molecular flexibility index (Phi) is 7.82. The summed E-state index contributed by atoms with van der Waals surface area (Å²) in [6, 6.07) is 11.1. The van der Waals surface area contributed by atoms with Gasteiger partial charge in [0, 0.05) is 7.11 Å². The van der Waals surface area contributed by atoms with Gasteiger partial charge in [-0.05, 0) is 72.2 Å². The first-order valence-corrected chi connectivity index (χ1v) is 9.14. The highest BCUT2D eigenvalue weighted by atomic mass is 79.9. The second-order valence-corrected chi connectivity index (χ2v) is 6.71. The Morgan fingerprint density at radius 3 is 2.22 bits per heavy atom. The van der Waals surface area contributed by atoms with Gasteiger partial charge in [-0.15, -0.1) is 0 Å². The summed E-state index contributed by atoms with van der Waals surface area (Å²) in [6.07, 6.45) is -0.199. The maximum Gasteiger partial charge on any atom is 0.343 e. The Hall–Kier alpha value is -2.38. The standard InChI is InChI=1S/C20H21BrO6/c1-13(2)26-19(22)14-4-7-16(8-5-14)27-20(23)15-6-9-18(17(21)12-15)25-11-10-24-3/h4-9,12-13H,10-11H2,1-3H3. The topological polar surface area (TPSA) is 71.1 Å². The van der Waals surface area contributed by atoms with Gasteiger partial charge in [0.2, 0.25) is 0 Å². The number of benzene rings is 2. The highest BCUT2D eigenvalue weighted by Gasteiger charge is 2.13. The van der Waals surface area contributed by atoms with E-state index in [0.717, 1.165) is 0 Å². The zero-order valence-electron chi connectivity index (χ0n) is 15.4. The maximum atomic E-state index is 12.3. The summed E-state index contributed by atoms with van der Waals surface area (Å²) in [5.74, 6) is 0.00164. The second-order valence-electron chi connectivity index (χ2n) is 5.85. The average molecular weight is 437 g/mol. The van der Waals surface area contributed by atoms with Crippen LogP contribution >= 0.6 is 15.9 Å². The van der Waals surface area contributed by atoms with E-state index in [-0.39, 0.29) is 6.10 Å². The van der Waals surface area contributed by atoms with Crippen LogP contribution in [0.1, 0.15) is 34.6 Å². The van der Waals surface area contributed by atoms with Gasteiger partial charge in [-0.25, -0.2) is 9.59 Å². The molecule has 7 heteroatoms. The van der Waals surface area contributed by atoms with Gasteiger partial charge >= 0.3 is 11.9 Å².